The topological polar surface area (TPSA) is 68.0 Å². The first-order valence-corrected chi connectivity index (χ1v) is 4.88. The van der Waals surface area contributed by atoms with Crippen LogP contribution in [0.15, 0.2) is 18.5 Å². The number of amides is 1. The molecule has 1 amide bonds. The van der Waals surface area contributed by atoms with Crippen LogP contribution in [0.1, 0.15) is 29.8 Å². The minimum Gasteiger partial charge on any atom is -0.350 e. The fourth-order valence-electron chi connectivity index (χ4n) is 1.11. The highest BCUT2D eigenvalue weighted by Gasteiger charge is 2.14. The summed E-state index contributed by atoms with van der Waals surface area (Å²) in [5, 5.41) is 2.78. The molecule has 0 aliphatic carbocycles. The van der Waals surface area contributed by atoms with Crippen LogP contribution in [-0.2, 0) is 0 Å². The van der Waals surface area contributed by atoms with E-state index < -0.39 is 5.54 Å². The molecule has 4 nitrogen and oxygen atoms in total. The minimum atomic E-state index is -0.397. The molecule has 15 heavy (non-hydrogen) atoms. The fraction of sp³-hybridized carbons (Fsp3) is 0.455. The number of pyridine rings is 1. The molecular weight excluding hydrogens is 190 g/mol. The number of carbonyl (C=O) groups excluding carboxylic acids is 1. The number of carbonyl (C=O) groups is 1. The molecule has 1 aromatic rings. The number of nitrogens with zero attached hydrogens (tertiary/aromatic N) is 1. The highest BCUT2D eigenvalue weighted by atomic mass is 16.1. The van der Waals surface area contributed by atoms with Crippen LogP contribution in [-0.4, -0.2) is 23.0 Å². The second-order valence-corrected chi connectivity index (χ2v) is 4.36. The second kappa shape index (κ2) is 4.40. The standard InChI is InChI=1S/C11H17N3O/c1-8-4-5-13-6-9(8)10(15)14-7-11(2,3)12/h4-6H,7,12H2,1-3H3,(H,14,15). The number of nitrogens with one attached hydrogen (secondary N) is 1. The zero-order chi connectivity index (χ0) is 11.5. The monoisotopic (exact) mass is 207 g/mol. The van der Waals surface area contributed by atoms with Crippen LogP contribution >= 0.6 is 0 Å². The van der Waals surface area contributed by atoms with Crippen molar-refractivity contribution in [1.29, 1.82) is 0 Å². The third-order valence-electron chi connectivity index (χ3n) is 1.99. The summed E-state index contributed by atoms with van der Waals surface area (Å²) >= 11 is 0. The van der Waals surface area contributed by atoms with Gasteiger partial charge in [-0.05, 0) is 32.4 Å². The van der Waals surface area contributed by atoms with Gasteiger partial charge in [0, 0.05) is 24.5 Å². The van der Waals surface area contributed by atoms with E-state index in [9.17, 15) is 4.79 Å². The Bertz CT molecular complexity index is 355. The second-order valence-electron chi connectivity index (χ2n) is 4.36. The number of nitrogens with two attached hydrogens (primary N) is 1. The van der Waals surface area contributed by atoms with Crippen molar-refractivity contribution in [3.05, 3.63) is 29.6 Å². The highest BCUT2D eigenvalue weighted by Crippen LogP contribution is 2.04. The van der Waals surface area contributed by atoms with Crippen LogP contribution in [0.25, 0.3) is 0 Å². The number of hydrogen-bond acceptors (Lipinski definition) is 3. The van der Waals surface area contributed by atoms with Crippen molar-refractivity contribution in [3.8, 4) is 0 Å². The molecule has 82 valence electrons. The zero-order valence-corrected chi connectivity index (χ0v) is 9.37. The zero-order valence-electron chi connectivity index (χ0n) is 9.37. The Hall–Kier alpha value is -1.42. The number of aryl methyl sites for hydroxylation is 1. The van der Waals surface area contributed by atoms with Gasteiger partial charge < -0.3 is 11.1 Å². The lowest BCUT2D eigenvalue weighted by atomic mass is 10.1. The molecule has 0 spiro atoms. The smallest absolute Gasteiger partial charge is 0.253 e. The summed E-state index contributed by atoms with van der Waals surface area (Å²) in [7, 11) is 0. The molecule has 0 unspecified atom stereocenters. The lowest BCUT2D eigenvalue weighted by Crippen LogP contribution is -2.45. The van der Waals surface area contributed by atoms with E-state index >= 15 is 0 Å². The molecule has 0 saturated heterocycles. The van der Waals surface area contributed by atoms with Gasteiger partial charge in [0.15, 0.2) is 0 Å². The molecule has 0 saturated carbocycles. The van der Waals surface area contributed by atoms with E-state index in [4.69, 9.17) is 5.73 Å². The molecule has 1 aromatic heterocycles. The Kier molecular flexibility index (Phi) is 3.42. The molecule has 4 heteroatoms. The Morgan fingerprint density at radius 1 is 1.60 bits per heavy atom. The van der Waals surface area contributed by atoms with Gasteiger partial charge in [0.25, 0.3) is 5.91 Å². The van der Waals surface area contributed by atoms with Gasteiger partial charge in [0.05, 0.1) is 5.56 Å². The van der Waals surface area contributed by atoms with E-state index in [0.29, 0.717) is 12.1 Å². The maximum Gasteiger partial charge on any atom is 0.253 e. The molecule has 0 radical (unpaired) electrons. The first kappa shape index (κ1) is 11.7. The summed E-state index contributed by atoms with van der Waals surface area (Å²) in [6.45, 7) is 6.05. The summed E-state index contributed by atoms with van der Waals surface area (Å²) < 4.78 is 0. The van der Waals surface area contributed by atoms with Crippen LogP contribution in [0, 0.1) is 6.92 Å². The first-order chi connectivity index (χ1) is 6.90. The van der Waals surface area contributed by atoms with Crippen molar-refractivity contribution in [2.75, 3.05) is 6.54 Å². The van der Waals surface area contributed by atoms with Gasteiger partial charge in [0.2, 0.25) is 0 Å². The molecular formula is C11H17N3O. The fourth-order valence-corrected chi connectivity index (χ4v) is 1.11. The van der Waals surface area contributed by atoms with Crippen LogP contribution in [0.3, 0.4) is 0 Å². The summed E-state index contributed by atoms with van der Waals surface area (Å²) in [5.74, 6) is -0.126. The van der Waals surface area contributed by atoms with Crippen LogP contribution in [0.4, 0.5) is 0 Å². The third kappa shape index (κ3) is 3.67. The molecule has 0 aliphatic heterocycles. The van der Waals surface area contributed by atoms with Gasteiger partial charge in [0.1, 0.15) is 0 Å². The van der Waals surface area contributed by atoms with Crippen LogP contribution in [0.5, 0.6) is 0 Å². The summed E-state index contributed by atoms with van der Waals surface area (Å²) in [5.41, 5.74) is 6.89. The highest BCUT2D eigenvalue weighted by molar-refractivity contribution is 5.95. The van der Waals surface area contributed by atoms with Crippen molar-refractivity contribution in [1.82, 2.24) is 10.3 Å². The van der Waals surface area contributed by atoms with E-state index in [1.807, 2.05) is 26.8 Å². The first-order valence-electron chi connectivity index (χ1n) is 4.88. The van der Waals surface area contributed by atoms with Gasteiger partial charge in [-0.3, -0.25) is 9.78 Å². The predicted molar refractivity (Wildman–Crippen MR) is 59.6 cm³/mol. The molecule has 3 N–H and O–H groups in total. The average molecular weight is 207 g/mol. The van der Waals surface area contributed by atoms with E-state index in [1.165, 1.54) is 0 Å². The van der Waals surface area contributed by atoms with Crippen molar-refractivity contribution >= 4 is 5.91 Å². The van der Waals surface area contributed by atoms with Gasteiger partial charge in [-0.1, -0.05) is 0 Å². The van der Waals surface area contributed by atoms with E-state index in [0.717, 1.165) is 5.56 Å². The molecule has 0 aliphatic rings. The minimum absolute atomic E-state index is 0.126. The molecule has 0 aromatic carbocycles. The normalized spacial score (nSPS) is 11.2. The lowest BCUT2D eigenvalue weighted by Gasteiger charge is -2.19. The van der Waals surface area contributed by atoms with Crippen LogP contribution < -0.4 is 11.1 Å². The SMILES string of the molecule is Cc1ccncc1C(=O)NCC(C)(C)N. The van der Waals surface area contributed by atoms with Crippen molar-refractivity contribution in [2.45, 2.75) is 26.3 Å². The van der Waals surface area contributed by atoms with E-state index in [-0.39, 0.29) is 5.91 Å². The Balaban J connectivity index is 2.66. The van der Waals surface area contributed by atoms with E-state index in [2.05, 4.69) is 10.3 Å². The Labute approximate surface area is 89.9 Å². The van der Waals surface area contributed by atoms with Gasteiger partial charge in [-0.25, -0.2) is 0 Å². The summed E-state index contributed by atoms with van der Waals surface area (Å²) in [6, 6.07) is 1.81. The molecule has 0 fully saturated rings. The van der Waals surface area contributed by atoms with Gasteiger partial charge in [-0.2, -0.15) is 0 Å². The average Bonchev–Trinajstić information content (AvgIpc) is 2.14. The molecule has 0 atom stereocenters. The summed E-state index contributed by atoms with van der Waals surface area (Å²) in [6.07, 6.45) is 3.23. The summed E-state index contributed by atoms with van der Waals surface area (Å²) in [4.78, 5) is 15.6. The molecule has 0 bridgehead atoms. The van der Waals surface area contributed by atoms with Gasteiger partial charge >= 0.3 is 0 Å². The molecule has 1 rings (SSSR count). The lowest BCUT2D eigenvalue weighted by molar-refractivity contribution is 0.0945. The maximum atomic E-state index is 11.7. The van der Waals surface area contributed by atoms with Crippen LogP contribution in [0.2, 0.25) is 0 Å². The van der Waals surface area contributed by atoms with E-state index in [1.54, 1.807) is 12.4 Å². The predicted octanol–water partition coefficient (Wildman–Crippen LogP) is 0.857. The number of rotatable bonds is 3. The maximum absolute atomic E-state index is 11.7. The molecule has 1 heterocycles. The Morgan fingerprint density at radius 2 is 2.27 bits per heavy atom. The largest absolute Gasteiger partial charge is 0.350 e. The Morgan fingerprint density at radius 3 is 2.80 bits per heavy atom. The van der Waals surface area contributed by atoms with Crippen molar-refractivity contribution in [2.24, 2.45) is 5.73 Å². The van der Waals surface area contributed by atoms with Gasteiger partial charge in [-0.15, -0.1) is 0 Å². The number of aromatic nitrogens is 1. The van der Waals surface area contributed by atoms with Crippen molar-refractivity contribution < 1.29 is 4.79 Å². The quantitative estimate of drug-likeness (QED) is 0.772. The number of hydrogen-bond donors (Lipinski definition) is 2. The third-order valence-corrected chi connectivity index (χ3v) is 1.99. The van der Waals surface area contributed by atoms with Crippen molar-refractivity contribution in [3.63, 3.8) is 0 Å².